The average Bonchev–Trinajstić information content (AvgIpc) is 2.55. The number of carboxylic acids is 1. The third kappa shape index (κ3) is 6.71. The molecule has 2 N–H and O–H groups in total. The highest BCUT2D eigenvalue weighted by molar-refractivity contribution is 5.88. The van der Waals surface area contributed by atoms with Gasteiger partial charge in [-0.05, 0) is 36.5 Å². The number of nitrogens with zero attached hydrogens (tertiary/aromatic N) is 1. The summed E-state index contributed by atoms with van der Waals surface area (Å²) >= 11 is 0. The van der Waals surface area contributed by atoms with Gasteiger partial charge in [-0.2, -0.15) is 0 Å². The van der Waals surface area contributed by atoms with E-state index in [-0.39, 0.29) is 12.3 Å². The van der Waals surface area contributed by atoms with Crippen molar-refractivity contribution < 1.29 is 14.7 Å². The maximum Gasteiger partial charge on any atom is 0.304 e. The number of hydrogen-bond donors (Lipinski definition) is 2. The monoisotopic (exact) mass is 332 g/mol. The summed E-state index contributed by atoms with van der Waals surface area (Å²) in [5.41, 5.74) is 1.93. The first-order valence-electron chi connectivity index (χ1n) is 8.83. The lowest BCUT2D eigenvalue weighted by Gasteiger charge is -2.29. The molecule has 0 bridgehead atoms. The minimum Gasteiger partial charge on any atom is -0.481 e. The van der Waals surface area contributed by atoms with Gasteiger partial charge >= 0.3 is 5.97 Å². The predicted octanol–water partition coefficient (Wildman–Crippen LogP) is 3.50. The van der Waals surface area contributed by atoms with E-state index in [0.29, 0.717) is 12.5 Å². The van der Waals surface area contributed by atoms with Gasteiger partial charge in [0.1, 0.15) is 0 Å². The van der Waals surface area contributed by atoms with E-state index in [1.54, 1.807) is 0 Å². The van der Waals surface area contributed by atoms with E-state index in [1.807, 2.05) is 24.3 Å². The quantitative estimate of drug-likeness (QED) is 0.764. The fourth-order valence-electron chi connectivity index (χ4n) is 3.38. The van der Waals surface area contributed by atoms with E-state index in [4.69, 9.17) is 5.11 Å². The van der Waals surface area contributed by atoms with Crippen LogP contribution in [0.2, 0.25) is 0 Å². The van der Waals surface area contributed by atoms with Crippen molar-refractivity contribution in [3.63, 3.8) is 0 Å². The van der Waals surface area contributed by atoms with Crippen LogP contribution in [0, 0.1) is 5.92 Å². The molecule has 1 aliphatic carbocycles. The van der Waals surface area contributed by atoms with Crippen molar-refractivity contribution in [3.05, 3.63) is 29.8 Å². The van der Waals surface area contributed by atoms with E-state index in [0.717, 1.165) is 24.3 Å². The summed E-state index contributed by atoms with van der Waals surface area (Å²) in [6.45, 7) is 3.80. The van der Waals surface area contributed by atoms with Crippen LogP contribution in [-0.2, 0) is 16.1 Å². The summed E-state index contributed by atoms with van der Waals surface area (Å²) in [5.74, 6) is -0.140. The number of rotatable bonds is 8. The molecule has 0 radical (unpaired) electrons. The van der Waals surface area contributed by atoms with Crippen molar-refractivity contribution >= 4 is 17.6 Å². The van der Waals surface area contributed by atoms with Crippen molar-refractivity contribution in [1.29, 1.82) is 0 Å². The molecule has 1 aromatic carbocycles. The lowest BCUT2D eigenvalue weighted by atomic mass is 9.89. The molecular weight excluding hydrogens is 304 g/mol. The van der Waals surface area contributed by atoms with E-state index in [9.17, 15) is 9.59 Å². The van der Waals surface area contributed by atoms with Crippen molar-refractivity contribution in [2.75, 3.05) is 18.4 Å². The van der Waals surface area contributed by atoms with Gasteiger partial charge in [0, 0.05) is 32.2 Å². The Morgan fingerprint density at radius 3 is 2.42 bits per heavy atom. The summed E-state index contributed by atoms with van der Waals surface area (Å²) in [5, 5.41) is 11.7. The Bertz CT molecular complexity index is 536. The van der Waals surface area contributed by atoms with Crippen LogP contribution in [0.5, 0.6) is 0 Å². The topological polar surface area (TPSA) is 69.6 Å². The van der Waals surface area contributed by atoms with Crippen LogP contribution in [0.1, 0.15) is 51.0 Å². The van der Waals surface area contributed by atoms with Crippen LogP contribution < -0.4 is 5.32 Å². The number of benzene rings is 1. The summed E-state index contributed by atoms with van der Waals surface area (Å²) in [6, 6.07) is 7.79. The number of carboxylic acid groups (broad SMARTS) is 1. The van der Waals surface area contributed by atoms with Crippen molar-refractivity contribution in [3.8, 4) is 0 Å². The second kappa shape index (κ2) is 9.42. The number of hydrogen-bond acceptors (Lipinski definition) is 3. The molecule has 1 fully saturated rings. The summed E-state index contributed by atoms with van der Waals surface area (Å²) < 4.78 is 0. The Hall–Kier alpha value is -1.88. The summed E-state index contributed by atoms with van der Waals surface area (Å²) in [7, 11) is 0. The lowest BCUT2D eigenvalue weighted by Crippen LogP contribution is -2.32. The Balaban J connectivity index is 1.94. The van der Waals surface area contributed by atoms with Crippen LogP contribution in [0.3, 0.4) is 0 Å². The second-order valence-electron chi connectivity index (χ2n) is 6.76. The van der Waals surface area contributed by atoms with Crippen LogP contribution in [0.25, 0.3) is 0 Å². The van der Waals surface area contributed by atoms with Gasteiger partial charge in [-0.3, -0.25) is 14.5 Å². The first-order chi connectivity index (χ1) is 11.5. The Morgan fingerprint density at radius 2 is 1.83 bits per heavy atom. The molecule has 1 amide bonds. The highest BCUT2D eigenvalue weighted by Crippen LogP contribution is 2.25. The van der Waals surface area contributed by atoms with Gasteiger partial charge in [0.2, 0.25) is 5.91 Å². The molecule has 0 aromatic heterocycles. The first-order valence-corrected chi connectivity index (χ1v) is 8.83. The number of anilines is 1. The zero-order chi connectivity index (χ0) is 17.4. The third-order valence-electron chi connectivity index (χ3n) is 4.56. The van der Waals surface area contributed by atoms with Gasteiger partial charge in [0.15, 0.2) is 0 Å². The zero-order valence-corrected chi connectivity index (χ0v) is 14.5. The normalized spacial score (nSPS) is 15.4. The standard InChI is InChI=1S/C19H28N2O3/c1-15(22)20-18-9-7-17(8-10-18)14-21(12-11-19(23)24)13-16-5-3-2-4-6-16/h7-10,16H,2-6,11-14H2,1H3,(H,20,22)(H,23,24). The maximum atomic E-state index is 11.1. The molecule has 2 rings (SSSR count). The van der Waals surface area contributed by atoms with Gasteiger partial charge in [0.25, 0.3) is 0 Å². The number of nitrogens with one attached hydrogen (secondary N) is 1. The molecule has 5 nitrogen and oxygen atoms in total. The molecule has 1 aromatic rings. The smallest absolute Gasteiger partial charge is 0.304 e. The molecule has 0 unspecified atom stereocenters. The Kier molecular flexibility index (Phi) is 7.25. The first kappa shape index (κ1) is 18.5. The largest absolute Gasteiger partial charge is 0.481 e. The molecule has 0 saturated heterocycles. The molecule has 0 spiro atoms. The SMILES string of the molecule is CC(=O)Nc1ccc(CN(CCC(=O)O)CC2CCCCC2)cc1. The fourth-order valence-corrected chi connectivity index (χ4v) is 3.38. The van der Waals surface area contributed by atoms with Crippen molar-refractivity contribution in [1.82, 2.24) is 4.90 Å². The number of amides is 1. The molecule has 1 aliphatic rings. The number of carbonyl (C=O) groups is 2. The van der Waals surface area contributed by atoms with E-state index in [1.165, 1.54) is 39.0 Å². The zero-order valence-electron chi connectivity index (χ0n) is 14.5. The van der Waals surface area contributed by atoms with Gasteiger partial charge in [0.05, 0.1) is 6.42 Å². The molecule has 132 valence electrons. The van der Waals surface area contributed by atoms with Crippen LogP contribution in [0.15, 0.2) is 24.3 Å². The van der Waals surface area contributed by atoms with E-state index in [2.05, 4.69) is 10.2 Å². The lowest BCUT2D eigenvalue weighted by molar-refractivity contribution is -0.137. The molecule has 0 heterocycles. The summed E-state index contributed by atoms with van der Waals surface area (Å²) in [4.78, 5) is 24.3. The van der Waals surface area contributed by atoms with E-state index >= 15 is 0 Å². The Labute approximate surface area is 144 Å². The maximum absolute atomic E-state index is 11.1. The molecule has 5 heteroatoms. The second-order valence-corrected chi connectivity index (χ2v) is 6.76. The van der Waals surface area contributed by atoms with Gasteiger partial charge in [-0.15, -0.1) is 0 Å². The molecule has 24 heavy (non-hydrogen) atoms. The predicted molar refractivity (Wildman–Crippen MR) is 94.9 cm³/mol. The number of carbonyl (C=O) groups excluding carboxylic acids is 1. The molecule has 0 atom stereocenters. The van der Waals surface area contributed by atoms with Crippen molar-refractivity contribution in [2.24, 2.45) is 5.92 Å². The van der Waals surface area contributed by atoms with Gasteiger partial charge in [-0.25, -0.2) is 0 Å². The third-order valence-corrected chi connectivity index (χ3v) is 4.56. The van der Waals surface area contributed by atoms with Gasteiger partial charge < -0.3 is 10.4 Å². The number of aliphatic carboxylic acids is 1. The molecule has 1 saturated carbocycles. The Morgan fingerprint density at radius 1 is 1.17 bits per heavy atom. The minimum atomic E-state index is -0.746. The fraction of sp³-hybridized carbons (Fsp3) is 0.579. The molecular formula is C19H28N2O3. The van der Waals surface area contributed by atoms with Crippen molar-refractivity contribution in [2.45, 2.75) is 52.0 Å². The highest BCUT2D eigenvalue weighted by atomic mass is 16.4. The molecule has 0 aliphatic heterocycles. The van der Waals surface area contributed by atoms with E-state index < -0.39 is 5.97 Å². The van der Waals surface area contributed by atoms with Crippen LogP contribution in [0.4, 0.5) is 5.69 Å². The van der Waals surface area contributed by atoms with Crippen LogP contribution >= 0.6 is 0 Å². The highest BCUT2D eigenvalue weighted by Gasteiger charge is 2.18. The van der Waals surface area contributed by atoms with Crippen LogP contribution in [-0.4, -0.2) is 35.0 Å². The van der Waals surface area contributed by atoms with Gasteiger partial charge in [-0.1, -0.05) is 31.4 Å². The average molecular weight is 332 g/mol. The minimum absolute atomic E-state index is 0.0804. The summed E-state index contributed by atoms with van der Waals surface area (Å²) in [6.07, 6.45) is 6.61.